The van der Waals surface area contributed by atoms with E-state index < -0.39 is 0 Å². The summed E-state index contributed by atoms with van der Waals surface area (Å²) in [5, 5.41) is 19.9. The molecule has 2 heterocycles. The van der Waals surface area contributed by atoms with Crippen molar-refractivity contribution >= 4 is 12.2 Å². The summed E-state index contributed by atoms with van der Waals surface area (Å²) in [6, 6.07) is 0. The van der Waals surface area contributed by atoms with Crippen molar-refractivity contribution in [1.29, 1.82) is 0 Å². The highest BCUT2D eigenvalue weighted by Crippen LogP contribution is 2.14. The molecule has 2 aromatic rings. The van der Waals surface area contributed by atoms with E-state index in [1.807, 2.05) is 20.2 Å². The maximum absolute atomic E-state index is 9.11. The predicted octanol–water partition coefficient (Wildman–Crippen LogP) is 0.464. The molecule has 0 bridgehead atoms. The standard InChI is InChI=1S/C8H11N5OS/c1-5-6(3-12(2)11-5)13-7(4-14)9-10-8(13)15/h3,14H,4H2,1-2H3,(H,10,15). The molecular formula is C8H11N5OS. The van der Waals surface area contributed by atoms with Gasteiger partial charge in [0, 0.05) is 13.2 Å². The Hall–Kier alpha value is -1.47. The van der Waals surface area contributed by atoms with E-state index in [1.165, 1.54) is 0 Å². The predicted molar refractivity (Wildman–Crippen MR) is 56.2 cm³/mol. The van der Waals surface area contributed by atoms with E-state index in [0.29, 0.717) is 10.6 Å². The third-order valence-electron chi connectivity index (χ3n) is 2.11. The fourth-order valence-corrected chi connectivity index (χ4v) is 1.74. The number of aromatic amines is 1. The minimum Gasteiger partial charge on any atom is -0.388 e. The van der Waals surface area contributed by atoms with Crippen LogP contribution in [0.25, 0.3) is 5.69 Å². The molecule has 0 aromatic carbocycles. The van der Waals surface area contributed by atoms with Crippen LogP contribution in [-0.4, -0.2) is 29.7 Å². The lowest BCUT2D eigenvalue weighted by Gasteiger charge is -2.01. The van der Waals surface area contributed by atoms with E-state index in [9.17, 15) is 0 Å². The Labute approximate surface area is 91.2 Å². The fourth-order valence-electron chi connectivity index (χ4n) is 1.49. The monoisotopic (exact) mass is 225 g/mol. The van der Waals surface area contributed by atoms with E-state index in [1.54, 1.807) is 9.25 Å². The van der Waals surface area contributed by atoms with E-state index in [2.05, 4.69) is 15.3 Å². The van der Waals surface area contributed by atoms with Crippen molar-refractivity contribution in [3.8, 4) is 5.69 Å². The Morgan fingerprint density at radius 1 is 1.60 bits per heavy atom. The first kappa shape index (κ1) is 10.1. The number of aliphatic hydroxyl groups is 1. The Morgan fingerprint density at radius 3 is 2.87 bits per heavy atom. The van der Waals surface area contributed by atoms with Gasteiger partial charge in [-0.2, -0.15) is 10.2 Å². The molecule has 0 fully saturated rings. The number of aliphatic hydroxyl groups excluding tert-OH is 1. The summed E-state index contributed by atoms with van der Waals surface area (Å²) < 4.78 is 3.83. The van der Waals surface area contributed by atoms with Gasteiger partial charge in [0.15, 0.2) is 10.6 Å². The maximum Gasteiger partial charge on any atom is 0.200 e. The number of H-pyrrole nitrogens is 1. The molecule has 6 nitrogen and oxygen atoms in total. The Kier molecular flexibility index (Phi) is 2.41. The molecule has 0 aliphatic heterocycles. The van der Waals surface area contributed by atoms with Crippen LogP contribution < -0.4 is 0 Å². The molecule has 0 amide bonds. The van der Waals surface area contributed by atoms with Gasteiger partial charge >= 0.3 is 0 Å². The number of rotatable bonds is 2. The Bertz CT molecular complexity index is 537. The molecule has 0 saturated carbocycles. The molecule has 7 heteroatoms. The van der Waals surface area contributed by atoms with Crippen molar-refractivity contribution in [2.45, 2.75) is 13.5 Å². The molecule has 15 heavy (non-hydrogen) atoms. The number of aryl methyl sites for hydroxylation is 2. The molecule has 0 aliphatic carbocycles. The second kappa shape index (κ2) is 3.59. The minimum absolute atomic E-state index is 0.165. The number of hydrogen-bond donors (Lipinski definition) is 2. The Balaban J connectivity index is 2.67. The van der Waals surface area contributed by atoms with Crippen molar-refractivity contribution in [1.82, 2.24) is 24.5 Å². The summed E-state index contributed by atoms with van der Waals surface area (Å²) in [4.78, 5) is 0. The summed E-state index contributed by atoms with van der Waals surface area (Å²) >= 11 is 5.09. The van der Waals surface area contributed by atoms with Crippen LogP contribution >= 0.6 is 12.2 Å². The van der Waals surface area contributed by atoms with Crippen molar-refractivity contribution in [2.75, 3.05) is 0 Å². The van der Waals surface area contributed by atoms with Crippen molar-refractivity contribution in [2.24, 2.45) is 7.05 Å². The lowest BCUT2D eigenvalue weighted by molar-refractivity contribution is 0.268. The van der Waals surface area contributed by atoms with E-state index >= 15 is 0 Å². The van der Waals surface area contributed by atoms with Gasteiger partial charge in [-0.25, -0.2) is 0 Å². The molecule has 2 N–H and O–H groups in total. The molecule has 0 saturated heterocycles. The summed E-state index contributed by atoms with van der Waals surface area (Å²) in [6.45, 7) is 1.72. The van der Waals surface area contributed by atoms with Crippen molar-refractivity contribution < 1.29 is 5.11 Å². The summed E-state index contributed by atoms with van der Waals surface area (Å²) in [5.41, 5.74) is 1.67. The SMILES string of the molecule is Cc1nn(C)cc1-n1c(CO)n[nH]c1=S. The normalized spacial score (nSPS) is 10.9. The summed E-state index contributed by atoms with van der Waals surface area (Å²) in [7, 11) is 1.83. The molecular weight excluding hydrogens is 214 g/mol. The highest BCUT2D eigenvalue weighted by atomic mass is 32.1. The zero-order valence-electron chi connectivity index (χ0n) is 8.43. The first-order valence-corrected chi connectivity index (χ1v) is 4.82. The lowest BCUT2D eigenvalue weighted by atomic mass is 10.4. The third kappa shape index (κ3) is 1.59. The zero-order valence-corrected chi connectivity index (χ0v) is 9.25. The first-order valence-electron chi connectivity index (χ1n) is 4.41. The summed E-state index contributed by atoms with van der Waals surface area (Å²) in [5.74, 6) is 0.483. The molecule has 0 aliphatic rings. The molecule has 0 atom stereocenters. The maximum atomic E-state index is 9.11. The largest absolute Gasteiger partial charge is 0.388 e. The van der Waals surface area contributed by atoms with Gasteiger partial charge in [0.2, 0.25) is 0 Å². The number of aromatic nitrogens is 5. The highest BCUT2D eigenvalue weighted by molar-refractivity contribution is 7.71. The number of nitrogens with zero attached hydrogens (tertiary/aromatic N) is 4. The van der Waals surface area contributed by atoms with Crippen LogP contribution in [0.4, 0.5) is 0 Å². The van der Waals surface area contributed by atoms with Crippen molar-refractivity contribution in [3.05, 3.63) is 22.5 Å². The Morgan fingerprint density at radius 2 is 2.33 bits per heavy atom. The summed E-state index contributed by atoms with van der Waals surface area (Å²) in [6.07, 6.45) is 1.83. The van der Waals surface area contributed by atoms with Crippen LogP contribution in [0.5, 0.6) is 0 Å². The minimum atomic E-state index is -0.165. The smallest absolute Gasteiger partial charge is 0.200 e. The van der Waals surface area contributed by atoms with E-state index in [4.69, 9.17) is 17.3 Å². The van der Waals surface area contributed by atoms with Crippen LogP contribution in [-0.2, 0) is 13.7 Å². The zero-order chi connectivity index (χ0) is 11.0. The average Bonchev–Trinajstić information content (AvgIpc) is 2.69. The second-order valence-electron chi connectivity index (χ2n) is 3.21. The van der Waals surface area contributed by atoms with Gasteiger partial charge in [-0.3, -0.25) is 14.3 Å². The molecule has 2 rings (SSSR count). The van der Waals surface area contributed by atoms with Gasteiger partial charge in [-0.05, 0) is 19.1 Å². The van der Waals surface area contributed by atoms with Crippen LogP contribution in [0.1, 0.15) is 11.5 Å². The van der Waals surface area contributed by atoms with Crippen molar-refractivity contribution in [3.63, 3.8) is 0 Å². The number of nitrogens with one attached hydrogen (secondary N) is 1. The average molecular weight is 225 g/mol. The van der Waals surface area contributed by atoms with Gasteiger partial charge in [0.05, 0.1) is 11.4 Å². The molecule has 0 unspecified atom stereocenters. The quantitative estimate of drug-likeness (QED) is 0.728. The van der Waals surface area contributed by atoms with Crippen LogP contribution in [0, 0.1) is 11.7 Å². The van der Waals surface area contributed by atoms with Gasteiger partial charge in [0.1, 0.15) is 6.61 Å². The first-order chi connectivity index (χ1) is 7.13. The molecule has 0 radical (unpaired) electrons. The molecule has 2 aromatic heterocycles. The second-order valence-corrected chi connectivity index (χ2v) is 3.60. The van der Waals surface area contributed by atoms with Gasteiger partial charge in [-0.1, -0.05) is 0 Å². The topological polar surface area (TPSA) is 71.7 Å². The van der Waals surface area contributed by atoms with E-state index in [0.717, 1.165) is 11.4 Å². The lowest BCUT2D eigenvalue weighted by Crippen LogP contribution is -2.01. The van der Waals surface area contributed by atoms with Gasteiger partial charge in [0.25, 0.3) is 0 Å². The molecule has 80 valence electrons. The van der Waals surface area contributed by atoms with Gasteiger partial charge in [-0.15, -0.1) is 0 Å². The van der Waals surface area contributed by atoms with Gasteiger partial charge < -0.3 is 5.11 Å². The van der Waals surface area contributed by atoms with Crippen LogP contribution in [0.3, 0.4) is 0 Å². The van der Waals surface area contributed by atoms with Crippen LogP contribution in [0.15, 0.2) is 6.20 Å². The third-order valence-corrected chi connectivity index (χ3v) is 2.39. The van der Waals surface area contributed by atoms with E-state index in [-0.39, 0.29) is 6.61 Å². The number of hydrogen-bond acceptors (Lipinski definition) is 4. The fraction of sp³-hybridized carbons (Fsp3) is 0.375. The molecule has 0 spiro atoms. The highest BCUT2D eigenvalue weighted by Gasteiger charge is 2.11. The van der Waals surface area contributed by atoms with Crippen LogP contribution in [0.2, 0.25) is 0 Å².